The van der Waals surface area contributed by atoms with Crippen LogP contribution >= 0.6 is 27.3 Å². The molecule has 1 aromatic rings. The Morgan fingerprint density at radius 1 is 1.69 bits per heavy atom. The van der Waals surface area contributed by atoms with Crippen molar-refractivity contribution in [1.29, 1.82) is 0 Å². The normalized spacial score (nSPS) is 28.9. The Morgan fingerprint density at radius 2 is 2.38 bits per heavy atom. The standard InChI is InChI=1S/C10H14BrNS/c1-5(12)7-3-8(7)10-4-9(11)6(2)13-10/h4-5,7-8H,3,12H2,1-2H3. The zero-order valence-corrected chi connectivity index (χ0v) is 10.3. The van der Waals surface area contributed by atoms with Crippen LogP contribution in [0, 0.1) is 12.8 Å². The predicted octanol–water partition coefficient (Wildman–Crippen LogP) is 3.27. The first-order chi connectivity index (χ1) is 6.09. The number of nitrogens with two attached hydrogens (primary N) is 1. The van der Waals surface area contributed by atoms with E-state index in [1.54, 1.807) is 0 Å². The molecule has 1 aliphatic carbocycles. The van der Waals surface area contributed by atoms with E-state index in [1.165, 1.54) is 20.6 Å². The van der Waals surface area contributed by atoms with Gasteiger partial charge in [0.15, 0.2) is 0 Å². The minimum absolute atomic E-state index is 0.353. The fourth-order valence-corrected chi connectivity index (χ4v) is 3.54. The molecular weight excluding hydrogens is 246 g/mol. The summed E-state index contributed by atoms with van der Waals surface area (Å²) in [6.45, 7) is 4.27. The molecule has 72 valence electrons. The Bertz CT molecular complexity index is 299. The average Bonchev–Trinajstić information content (AvgIpc) is 2.76. The van der Waals surface area contributed by atoms with E-state index >= 15 is 0 Å². The van der Waals surface area contributed by atoms with Crippen LogP contribution in [0.5, 0.6) is 0 Å². The summed E-state index contributed by atoms with van der Waals surface area (Å²) in [6.07, 6.45) is 1.28. The van der Waals surface area contributed by atoms with Crippen molar-refractivity contribution in [2.45, 2.75) is 32.2 Å². The Hall–Kier alpha value is 0.140. The van der Waals surface area contributed by atoms with E-state index in [4.69, 9.17) is 5.73 Å². The predicted molar refractivity (Wildman–Crippen MR) is 61.3 cm³/mol. The van der Waals surface area contributed by atoms with Crippen LogP contribution in [0.1, 0.15) is 29.0 Å². The van der Waals surface area contributed by atoms with E-state index in [9.17, 15) is 0 Å². The van der Waals surface area contributed by atoms with E-state index in [1.807, 2.05) is 11.3 Å². The third-order valence-electron chi connectivity index (χ3n) is 2.76. The van der Waals surface area contributed by atoms with Crippen LogP contribution in [0.4, 0.5) is 0 Å². The molecular formula is C10H14BrNS. The molecule has 13 heavy (non-hydrogen) atoms. The Labute approximate surface area is 91.5 Å². The van der Waals surface area contributed by atoms with Crippen molar-refractivity contribution in [1.82, 2.24) is 0 Å². The molecule has 3 heteroatoms. The van der Waals surface area contributed by atoms with Crippen molar-refractivity contribution in [3.8, 4) is 0 Å². The third-order valence-corrected chi connectivity index (χ3v) is 5.03. The molecule has 1 saturated carbocycles. The van der Waals surface area contributed by atoms with Crippen LogP contribution in [-0.2, 0) is 0 Å². The molecule has 3 atom stereocenters. The molecule has 3 unspecified atom stereocenters. The van der Waals surface area contributed by atoms with Gasteiger partial charge in [-0.2, -0.15) is 0 Å². The zero-order valence-electron chi connectivity index (χ0n) is 7.88. The average molecular weight is 260 g/mol. The van der Waals surface area contributed by atoms with E-state index in [2.05, 4.69) is 35.8 Å². The molecule has 2 N–H and O–H groups in total. The first-order valence-electron chi connectivity index (χ1n) is 4.61. The second kappa shape index (κ2) is 3.37. The molecule has 0 amide bonds. The highest BCUT2D eigenvalue weighted by Crippen LogP contribution is 2.51. The van der Waals surface area contributed by atoms with Crippen LogP contribution < -0.4 is 5.73 Å². The van der Waals surface area contributed by atoms with Gasteiger partial charge >= 0.3 is 0 Å². The number of hydrogen-bond donors (Lipinski definition) is 1. The molecule has 1 nitrogen and oxygen atoms in total. The van der Waals surface area contributed by atoms with Gasteiger partial charge in [-0.1, -0.05) is 0 Å². The lowest BCUT2D eigenvalue weighted by Crippen LogP contribution is -2.17. The second-order valence-corrected chi connectivity index (χ2v) is 6.06. The lowest BCUT2D eigenvalue weighted by molar-refractivity contribution is 0.633. The quantitative estimate of drug-likeness (QED) is 0.867. The number of rotatable bonds is 2. The second-order valence-electron chi connectivity index (χ2n) is 3.92. The van der Waals surface area contributed by atoms with Crippen molar-refractivity contribution in [3.63, 3.8) is 0 Å². The SMILES string of the molecule is Cc1sc(C2CC2C(C)N)cc1Br. The van der Waals surface area contributed by atoms with Crippen LogP contribution in [-0.4, -0.2) is 6.04 Å². The summed E-state index contributed by atoms with van der Waals surface area (Å²) in [5.41, 5.74) is 5.86. The van der Waals surface area contributed by atoms with Gasteiger partial charge in [-0.05, 0) is 54.1 Å². The molecule has 1 aliphatic rings. The maximum atomic E-state index is 5.86. The fraction of sp³-hybridized carbons (Fsp3) is 0.600. The van der Waals surface area contributed by atoms with Crippen LogP contribution in [0.15, 0.2) is 10.5 Å². The van der Waals surface area contributed by atoms with Crippen molar-refractivity contribution in [2.24, 2.45) is 11.7 Å². The molecule has 2 rings (SSSR count). The number of halogens is 1. The molecule has 0 aromatic carbocycles. The van der Waals surface area contributed by atoms with Crippen LogP contribution in [0.3, 0.4) is 0 Å². The van der Waals surface area contributed by atoms with Crippen molar-refractivity contribution < 1.29 is 0 Å². The maximum Gasteiger partial charge on any atom is 0.0314 e. The summed E-state index contributed by atoms with van der Waals surface area (Å²) >= 11 is 5.45. The van der Waals surface area contributed by atoms with Gasteiger partial charge in [-0.3, -0.25) is 0 Å². The summed E-state index contributed by atoms with van der Waals surface area (Å²) in [5.74, 6) is 1.47. The van der Waals surface area contributed by atoms with Gasteiger partial charge in [0.1, 0.15) is 0 Å². The fourth-order valence-electron chi connectivity index (χ4n) is 1.79. The topological polar surface area (TPSA) is 26.0 Å². The molecule has 0 spiro atoms. The minimum atomic E-state index is 0.353. The Morgan fingerprint density at radius 3 is 2.77 bits per heavy atom. The maximum absolute atomic E-state index is 5.86. The molecule has 0 aliphatic heterocycles. The Kier molecular flexibility index (Phi) is 2.51. The first kappa shape index (κ1) is 9.69. The highest BCUT2D eigenvalue weighted by Gasteiger charge is 2.41. The van der Waals surface area contributed by atoms with E-state index in [0.29, 0.717) is 6.04 Å². The summed E-state index contributed by atoms with van der Waals surface area (Å²) in [6, 6.07) is 2.61. The third kappa shape index (κ3) is 1.83. The Balaban J connectivity index is 2.12. The molecule has 0 saturated heterocycles. The number of hydrogen-bond acceptors (Lipinski definition) is 2. The summed E-state index contributed by atoms with van der Waals surface area (Å²) in [5, 5.41) is 0. The van der Waals surface area contributed by atoms with Crippen molar-refractivity contribution in [2.75, 3.05) is 0 Å². The van der Waals surface area contributed by atoms with Crippen molar-refractivity contribution >= 4 is 27.3 Å². The summed E-state index contributed by atoms with van der Waals surface area (Å²) in [4.78, 5) is 2.89. The smallest absolute Gasteiger partial charge is 0.0314 e. The monoisotopic (exact) mass is 259 g/mol. The van der Waals surface area contributed by atoms with Gasteiger partial charge in [-0.15, -0.1) is 11.3 Å². The van der Waals surface area contributed by atoms with Gasteiger partial charge in [-0.25, -0.2) is 0 Å². The molecule has 0 bridgehead atoms. The van der Waals surface area contributed by atoms with E-state index in [0.717, 1.165) is 11.8 Å². The lowest BCUT2D eigenvalue weighted by Gasteiger charge is -2.00. The van der Waals surface area contributed by atoms with Crippen molar-refractivity contribution in [3.05, 3.63) is 20.3 Å². The molecule has 0 radical (unpaired) electrons. The van der Waals surface area contributed by atoms with Crippen LogP contribution in [0.2, 0.25) is 0 Å². The van der Waals surface area contributed by atoms with E-state index < -0.39 is 0 Å². The largest absolute Gasteiger partial charge is 0.328 e. The first-order valence-corrected chi connectivity index (χ1v) is 6.22. The van der Waals surface area contributed by atoms with Gasteiger partial charge in [0.2, 0.25) is 0 Å². The molecule has 1 fully saturated rings. The van der Waals surface area contributed by atoms with E-state index in [-0.39, 0.29) is 0 Å². The van der Waals surface area contributed by atoms with Gasteiger partial charge < -0.3 is 5.73 Å². The van der Waals surface area contributed by atoms with Gasteiger partial charge in [0, 0.05) is 20.3 Å². The number of aryl methyl sites for hydroxylation is 1. The summed E-state index contributed by atoms with van der Waals surface area (Å²) < 4.78 is 1.25. The van der Waals surface area contributed by atoms with Crippen LogP contribution in [0.25, 0.3) is 0 Å². The highest BCUT2D eigenvalue weighted by molar-refractivity contribution is 9.10. The van der Waals surface area contributed by atoms with Gasteiger partial charge in [0.25, 0.3) is 0 Å². The lowest BCUT2D eigenvalue weighted by atomic mass is 10.2. The highest BCUT2D eigenvalue weighted by atomic mass is 79.9. The minimum Gasteiger partial charge on any atom is -0.328 e. The van der Waals surface area contributed by atoms with Gasteiger partial charge in [0.05, 0.1) is 0 Å². The molecule has 1 aromatic heterocycles. The summed E-state index contributed by atoms with van der Waals surface area (Å²) in [7, 11) is 0. The zero-order chi connectivity index (χ0) is 9.59. The molecule has 1 heterocycles. The number of thiophene rings is 1.